The summed E-state index contributed by atoms with van der Waals surface area (Å²) in [6.07, 6.45) is 4.48. The Bertz CT molecular complexity index is 790. The molecular formula is C19H21N3O4. The highest BCUT2D eigenvalue weighted by Crippen LogP contribution is 2.65. The van der Waals surface area contributed by atoms with E-state index in [0.717, 1.165) is 32.1 Å². The third-order valence-electron chi connectivity index (χ3n) is 6.09. The van der Waals surface area contributed by atoms with Crippen LogP contribution in [0.25, 0.3) is 0 Å². The van der Waals surface area contributed by atoms with Gasteiger partial charge < -0.3 is 4.74 Å². The number of fused-ring (bicyclic) bond motifs is 4. The Morgan fingerprint density at radius 3 is 2.42 bits per heavy atom. The predicted octanol–water partition coefficient (Wildman–Crippen LogP) is 2.38. The Hall–Kier alpha value is -2.41. The van der Waals surface area contributed by atoms with Gasteiger partial charge in [-0.2, -0.15) is 10.0 Å². The zero-order valence-electron chi connectivity index (χ0n) is 14.7. The highest BCUT2D eigenvalue weighted by atomic mass is 16.6. The topological polar surface area (TPSA) is 69.7 Å². The van der Waals surface area contributed by atoms with E-state index in [1.807, 2.05) is 5.01 Å². The Morgan fingerprint density at radius 2 is 1.81 bits per heavy atom. The second kappa shape index (κ2) is 5.30. The van der Waals surface area contributed by atoms with Gasteiger partial charge in [0.1, 0.15) is 0 Å². The summed E-state index contributed by atoms with van der Waals surface area (Å²) in [6, 6.07) is 6.95. The molecule has 0 aromatic heterocycles. The van der Waals surface area contributed by atoms with Gasteiger partial charge >= 0.3 is 6.09 Å². The summed E-state index contributed by atoms with van der Waals surface area (Å²) in [6.45, 7) is 2.54. The molecule has 5 rings (SSSR count). The molecule has 0 aliphatic carbocycles. The summed E-state index contributed by atoms with van der Waals surface area (Å²) < 4.78 is 5.18. The molecule has 7 heteroatoms. The molecule has 0 bridgehead atoms. The molecule has 4 heterocycles. The summed E-state index contributed by atoms with van der Waals surface area (Å²) in [4.78, 5) is 39.7. The van der Waals surface area contributed by atoms with E-state index < -0.39 is 5.66 Å². The molecule has 136 valence electrons. The first-order valence-corrected chi connectivity index (χ1v) is 9.37. The van der Waals surface area contributed by atoms with Gasteiger partial charge in [-0.25, -0.2) is 4.79 Å². The summed E-state index contributed by atoms with van der Waals surface area (Å²) in [7, 11) is 0. The van der Waals surface area contributed by atoms with Crippen LogP contribution in [0.15, 0.2) is 24.3 Å². The molecule has 1 aromatic carbocycles. The van der Waals surface area contributed by atoms with E-state index in [0.29, 0.717) is 17.7 Å². The minimum absolute atomic E-state index is 0.00640. The predicted molar refractivity (Wildman–Crippen MR) is 91.0 cm³/mol. The fourth-order valence-electron chi connectivity index (χ4n) is 4.87. The molecule has 1 spiro atoms. The first-order valence-electron chi connectivity index (χ1n) is 9.37. The van der Waals surface area contributed by atoms with Crippen LogP contribution in [0.5, 0.6) is 0 Å². The van der Waals surface area contributed by atoms with Crippen molar-refractivity contribution in [1.29, 1.82) is 0 Å². The molecule has 26 heavy (non-hydrogen) atoms. The molecule has 3 fully saturated rings. The average Bonchev–Trinajstić information content (AvgIpc) is 3.48. The Labute approximate surface area is 151 Å². The third kappa shape index (κ3) is 1.79. The van der Waals surface area contributed by atoms with Crippen molar-refractivity contribution < 1.29 is 19.1 Å². The van der Waals surface area contributed by atoms with Crippen molar-refractivity contribution in [2.75, 3.05) is 6.61 Å². The first kappa shape index (κ1) is 15.8. The number of unbranched alkanes of at least 4 members (excludes halogenated alkanes) is 2. The highest BCUT2D eigenvalue weighted by molar-refractivity contribution is 6.21. The van der Waals surface area contributed by atoms with Crippen molar-refractivity contribution in [1.82, 2.24) is 14.9 Å². The molecule has 0 radical (unpaired) electrons. The zero-order valence-corrected chi connectivity index (χ0v) is 14.7. The lowest BCUT2D eigenvalue weighted by atomic mass is 10.1. The fourth-order valence-corrected chi connectivity index (χ4v) is 4.87. The van der Waals surface area contributed by atoms with Crippen molar-refractivity contribution in [2.45, 2.75) is 56.8 Å². The molecule has 1 aromatic rings. The van der Waals surface area contributed by atoms with Crippen LogP contribution in [-0.4, -0.2) is 57.2 Å². The number of carbonyl (C=O) groups is 3. The molecule has 3 amide bonds. The van der Waals surface area contributed by atoms with Gasteiger partial charge in [-0.1, -0.05) is 38.3 Å². The molecule has 0 saturated carbocycles. The van der Waals surface area contributed by atoms with Gasteiger partial charge in [0.15, 0.2) is 5.66 Å². The largest absolute Gasteiger partial charge is 0.449 e. The lowest BCUT2D eigenvalue weighted by Crippen LogP contribution is -2.38. The van der Waals surface area contributed by atoms with E-state index in [1.165, 1.54) is 5.01 Å². The lowest BCUT2D eigenvalue weighted by Gasteiger charge is -2.16. The van der Waals surface area contributed by atoms with E-state index in [1.54, 1.807) is 29.2 Å². The fraction of sp³-hybridized carbons (Fsp3) is 0.526. The normalized spacial score (nSPS) is 34.0. The van der Waals surface area contributed by atoms with Crippen molar-refractivity contribution in [2.24, 2.45) is 0 Å². The SMILES string of the molecule is CCCCC[C@H]1N(N2C(=O)c3ccccc3C2=O)[C@]12[C@H]1CCOC(=O)N12. The molecule has 4 aliphatic rings. The number of hydrogen-bond acceptors (Lipinski definition) is 5. The second-order valence-electron chi connectivity index (χ2n) is 7.40. The second-order valence-corrected chi connectivity index (χ2v) is 7.40. The summed E-state index contributed by atoms with van der Waals surface area (Å²) in [5.74, 6) is -0.581. The minimum atomic E-state index is -0.533. The number of cyclic esters (lactones) is 1. The molecular weight excluding hydrogens is 334 g/mol. The maximum Gasteiger partial charge on any atom is 0.411 e. The number of hydrazine groups is 1. The van der Waals surface area contributed by atoms with Gasteiger partial charge in [0, 0.05) is 6.42 Å². The Balaban J connectivity index is 1.47. The van der Waals surface area contributed by atoms with Gasteiger partial charge in [0.05, 0.1) is 29.8 Å². The smallest absolute Gasteiger partial charge is 0.411 e. The Kier molecular flexibility index (Phi) is 3.22. The number of carbonyl (C=O) groups excluding carboxylic acids is 3. The van der Waals surface area contributed by atoms with E-state index >= 15 is 0 Å². The summed E-state index contributed by atoms with van der Waals surface area (Å²) in [5, 5.41) is 3.12. The van der Waals surface area contributed by atoms with E-state index in [4.69, 9.17) is 4.74 Å². The van der Waals surface area contributed by atoms with Gasteiger partial charge in [0.25, 0.3) is 11.8 Å². The maximum absolute atomic E-state index is 12.9. The summed E-state index contributed by atoms with van der Waals surface area (Å²) >= 11 is 0. The van der Waals surface area contributed by atoms with Gasteiger partial charge in [0.2, 0.25) is 0 Å². The average molecular weight is 355 g/mol. The highest BCUT2D eigenvalue weighted by Gasteiger charge is 2.88. The van der Waals surface area contributed by atoms with Gasteiger partial charge in [-0.15, -0.1) is 0 Å². The molecule has 4 atom stereocenters. The monoisotopic (exact) mass is 355 g/mol. The number of benzene rings is 1. The van der Waals surface area contributed by atoms with Crippen LogP contribution >= 0.6 is 0 Å². The maximum atomic E-state index is 12.9. The van der Waals surface area contributed by atoms with Gasteiger partial charge in [-0.05, 0) is 18.6 Å². The van der Waals surface area contributed by atoms with E-state index in [2.05, 4.69) is 6.92 Å². The van der Waals surface area contributed by atoms with Crippen LogP contribution in [0.2, 0.25) is 0 Å². The van der Waals surface area contributed by atoms with Crippen LogP contribution in [0.1, 0.15) is 59.7 Å². The van der Waals surface area contributed by atoms with Crippen LogP contribution < -0.4 is 0 Å². The number of imide groups is 1. The Morgan fingerprint density at radius 1 is 1.12 bits per heavy atom. The minimum Gasteiger partial charge on any atom is -0.449 e. The lowest BCUT2D eigenvalue weighted by molar-refractivity contribution is 0.0306. The summed E-state index contributed by atoms with van der Waals surface area (Å²) in [5.41, 5.74) is 0.343. The molecule has 3 saturated heterocycles. The number of amides is 3. The molecule has 4 aliphatic heterocycles. The van der Waals surface area contributed by atoms with Crippen molar-refractivity contribution in [3.63, 3.8) is 0 Å². The molecule has 7 nitrogen and oxygen atoms in total. The van der Waals surface area contributed by atoms with Crippen LogP contribution in [-0.2, 0) is 4.74 Å². The standard InChI is InChI=1S/C19H21N3O4/c1-2-3-4-9-15-19(14-10-11-26-18(25)20(14)19)22(15)21-16(23)12-7-5-6-8-13(12)17(21)24/h5-8,14-15H,2-4,9-11H2,1H3/t14-,15-,19-,20?,22?/m1/s1. The van der Waals surface area contributed by atoms with E-state index in [-0.39, 0.29) is 30.0 Å². The number of hydrogen-bond donors (Lipinski definition) is 0. The first-order chi connectivity index (χ1) is 12.6. The molecule has 1 unspecified atom stereocenters. The van der Waals surface area contributed by atoms with Crippen LogP contribution in [0, 0.1) is 0 Å². The van der Waals surface area contributed by atoms with Crippen molar-refractivity contribution >= 4 is 17.9 Å². The van der Waals surface area contributed by atoms with Gasteiger partial charge in [-0.3, -0.25) is 14.5 Å². The number of ether oxygens (including phenoxy) is 1. The molecule has 0 N–H and O–H groups in total. The van der Waals surface area contributed by atoms with Crippen molar-refractivity contribution in [3.05, 3.63) is 35.4 Å². The van der Waals surface area contributed by atoms with Crippen molar-refractivity contribution in [3.8, 4) is 0 Å². The number of rotatable bonds is 5. The quantitative estimate of drug-likeness (QED) is 0.461. The van der Waals surface area contributed by atoms with Crippen LogP contribution in [0.3, 0.4) is 0 Å². The third-order valence-corrected chi connectivity index (χ3v) is 6.09. The number of nitrogens with zero attached hydrogens (tertiary/aromatic N) is 3. The van der Waals surface area contributed by atoms with E-state index in [9.17, 15) is 14.4 Å². The van der Waals surface area contributed by atoms with Crippen LogP contribution in [0.4, 0.5) is 4.79 Å². The zero-order chi connectivity index (χ0) is 18.1.